The Bertz CT molecular complexity index is 479. The number of carboxylic acid groups (broad SMARTS) is 1. The summed E-state index contributed by atoms with van der Waals surface area (Å²) >= 11 is 0. The largest absolute Gasteiger partial charge is 0.496 e. The van der Waals surface area contributed by atoms with E-state index in [4.69, 9.17) is 4.74 Å². The number of methoxy groups -OCH3 is 1. The van der Waals surface area contributed by atoms with E-state index in [1.807, 2.05) is 6.07 Å². The van der Waals surface area contributed by atoms with E-state index in [-0.39, 0.29) is 11.8 Å². The molecule has 1 aliphatic rings. The molecule has 0 radical (unpaired) electrons. The molecule has 1 aromatic rings. The molecule has 1 aromatic carbocycles. The molecule has 1 aliphatic carbocycles. The molecular formula is C16H22O3. The summed E-state index contributed by atoms with van der Waals surface area (Å²) in [6.07, 6.45) is 3.83. The predicted octanol–water partition coefficient (Wildman–Crippen LogP) is 3.67. The Morgan fingerprint density at radius 2 is 1.84 bits per heavy atom. The third kappa shape index (κ3) is 2.75. The predicted molar refractivity (Wildman–Crippen MR) is 74.8 cm³/mol. The number of aliphatic carboxylic acids is 1. The van der Waals surface area contributed by atoms with Gasteiger partial charge in [-0.25, -0.2) is 0 Å². The number of carboxylic acids is 1. The van der Waals surface area contributed by atoms with Gasteiger partial charge in [0.1, 0.15) is 5.75 Å². The Kier molecular flexibility index (Phi) is 4.13. The van der Waals surface area contributed by atoms with Gasteiger partial charge >= 0.3 is 5.97 Å². The van der Waals surface area contributed by atoms with Crippen LogP contribution in [0.1, 0.15) is 48.3 Å². The second-order valence-corrected chi connectivity index (χ2v) is 5.51. The standard InChI is InChI=1S/C16H22O3/c1-10-8-14(15(19-3)9-11(10)2)12-6-4-5-7-13(12)16(17)18/h8-9,12-13H,4-7H2,1-3H3,(H,17,18). The van der Waals surface area contributed by atoms with E-state index >= 15 is 0 Å². The first kappa shape index (κ1) is 13.9. The van der Waals surface area contributed by atoms with Gasteiger partial charge in [0.15, 0.2) is 0 Å². The third-order valence-electron chi connectivity index (χ3n) is 4.33. The van der Waals surface area contributed by atoms with Crippen molar-refractivity contribution in [3.8, 4) is 5.75 Å². The van der Waals surface area contributed by atoms with Crippen molar-refractivity contribution in [2.75, 3.05) is 7.11 Å². The van der Waals surface area contributed by atoms with Crippen LogP contribution in [0.3, 0.4) is 0 Å². The zero-order valence-electron chi connectivity index (χ0n) is 11.9. The van der Waals surface area contributed by atoms with Crippen molar-refractivity contribution in [1.29, 1.82) is 0 Å². The molecule has 0 aliphatic heterocycles. The van der Waals surface area contributed by atoms with Crippen LogP contribution in [0.4, 0.5) is 0 Å². The van der Waals surface area contributed by atoms with Crippen LogP contribution >= 0.6 is 0 Å². The minimum absolute atomic E-state index is 0.0838. The van der Waals surface area contributed by atoms with Crippen LogP contribution in [0.5, 0.6) is 5.75 Å². The Hall–Kier alpha value is -1.51. The molecule has 0 saturated heterocycles. The van der Waals surface area contributed by atoms with Crippen LogP contribution in [0.15, 0.2) is 12.1 Å². The van der Waals surface area contributed by atoms with Gasteiger partial charge < -0.3 is 9.84 Å². The number of rotatable bonds is 3. The van der Waals surface area contributed by atoms with Crippen LogP contribution in [0.2, 0.25) is 0 Å². The summed E-state index contributed by atoms with van der Waals surface area (Å²) in [5, 5.41) is 9.42. The highest BCUT2D eigenvalue weighted by Gasteiger charge is 2.33. The molecule has 19 heavy (non-hydrogen) atoms. The molecule has 3 heteroatoms. The van der Waals surface area contributed by atoms with Crippen molar-refractivity contribution in [2.45, 2.75) is 45.4 Å². The number of hydrogen-bond donors (Lipinski definition) is 1. The van der Waals surface area contributed by atoms with Crippen LogP contribution in [-0.2, 0) is 4.79 Å². The van der Waals surface area contributed by atoms with E-state index in [0.29, 0.717) is 0 Å². The Balaban J connectivity index is 2.43. The molecule has 2 atom stereocenters. The molecule has 0 aromatic heterocycles. The van der Waals surface area contributed by atoms with Gasteiger partial charge in [-0.15, -0.1) is 0 Å². The summed E-state index contributed by atoms with van der Waals surface area (Å²) in [5.74, 6) is -0.0310. The first-order valence-electron chi connectivity index (χ1n) is 6.92. The van der Waals surface area contributed by atoms with E-state index in [1.165, 1.54) is 11.1 Å². The zero-order chi connectivity index (χ0) is 14.0. The van der Waals surface area contributed by atoms with Crippen molar-refractivity contribution < 1.29 is 14.6 Å². The maximum Gasteiger partial charge on any atom is 0.307 e. The molecule has 0 spiro atoms. The first-order valence-corrected chi connectivity index (χ1v) is 6.92. The van der Waals surface area contributed by atoms with Crippen molar-refractivity contribution in [2.24, 2.45) is 5.92 Å². The molecule has 1 N–H and O–H groups in total. The molecule has 1 saturated carbocycles. The lowest BCUT2D eigenvalue weighted by Crippen LogP contribution is -2.25. The molecule has 0 amide bonds. The lowest BCUT2D eigenvalue weighted by molar-refractivity contribution is -0.143. The molecular weight excluding hydrogens is 240 g/mol. The van der Waals surface area contributed by atoms with Gasteiger partial charge in [-0.2, -0.15) is 0 Å². The fraction of sp³-hybridized carbons (Fsp3) is 0.562. The van der Waals surface area contributed by atoms with Gasteiger partial charge in [0.25, 0.3) is 0 Å². The molecule has 104 valence electrons. The van der Waals surface area contributed by atoms with E-state index < -0.39 is 5.97 Å². The van der Waals surface area contributed by atoms with E-state index in [2.05, 4.69) is 19.9 Å². The average molecular weight is 262 g/mol. The molecule has 2 rings (SSSR count). The van der Waals surface area contributed by atoms with E-state index in [0.717, 1.165) is 37.0 Å². The Morgan fingerprint density at radius 1 is 1.21 bits per heavy atom. The summed E-state index contributed by atoms with van der Waals surface area (Å²) in [6, 6.07) is 4.14. The van der Waals surface area contributed by atoms with Gasteiger partial charge in [-0.05, 0) is 49.4 Å². The number of benzene rings is 1. The number of hydrogen-bond acceptors (Lipinski definition) is 2. The van der Waals surface area contributed by atoms with Crippen molar-refractivity contribution in [1.82, 2.24) is 0 Å². The van der Waals surface area contributed by atoms with Gasteiger partial charge in [0.05, 0.1) is 13.0 Å². The van der Waals surface area contributed by atoms with Crippen LogP contribution in [-0.4, -0.2) is 18.2 Å². The number of ether oxygens (including phenoxy) is 1. The summed E-state index contributed by atoms with van der Waals surface area (Å²) in [5.41, 5.74) is 3.45. The van der Waals surface area contributed by atoms with Crippen LogP contribution in [0, 0.1) is 19.8 Å². The lowest BCUT2D eigenvalue weighted by atomic mass is 9.74. The van der Waals surface area contributed by atoms with Gasteiger partial charge in [-0.3, -0.25) is 4.79 Å². The molecule has 0 heterocycles. The summed E-state index contributed by atoms with van der Waals surface area (Å²) < 4.78 is 5.47. The smallest absolute Gasteiger partial charge is 0.307 e. The normalized spacial score (nSPS) is 23.1. The summed E-state index contributed by atoms with van der Waals surface area (Å²) in [4.78, 5) is 11.4. The quantitative estimate of drug-likeness (QED) is 0.904. The van der Waals surface area contributed by atoms with Gasteiger partial charge in [-0.1, -0.05) is 18.9 Å². The SMILES string of the molecule is COc1cc(C)c(C)cc1C1CCCCC1C(=O)O. The third-order valence-corrected chi connectivity index (χ3v) is 4.33. The maximum atomic E-state index is 11.4. The fourth-order valence-corrected chi connectivity index (χ4v) is 3.08. The van der Waals surface area contributed by atoms with E-state index in [9.17, 15) is 9.90 Å². The fourth-order valence-electron chi connectivity index (χ4n) is 3.08. The second kappa shape index (κ2) is 5.64. The highest BCUT2D eigenvalue weighted by Crippen LogP contribution is 2.42. The summed E-state index contributed by atoms with van der Waals surface area (Å²) in [7, 11) is 1.66. The summed E-state index contributed by atoms with van der Waals surface area (Å²) in [6.45, 7) is 4.12. The molecule has 0 bridgehead atoms. The minimum atomic E-state index is -0.676. The number of carbonyl (C=O) groups is 1. The average Bonchev–Trinajstić information content (AvgIpc) is 2.41. The van der Waals surface area contributed by atoms with Gasteiger partial charge in [0, 0.05) is 5.92 Å². The topological polar surface area (TPSA) is 46.5 Å². The molecule has 1 fully saturated rings. The zero-order valence-corrected chi connectivity index (χ0v) is 11.9. The second-order valence-electron chi connectivity index (χ2n) is 5.51. The Labute approximate surface area is 114 Å². The minimum Gasteiger partial charge on any atom is -0.496 e. The Morgan fingerprint density at radius 3 is 2.47 bits per heavy atom. The van der Waals surface area contributed by atoms with Crippen molar-refractivity contribution >= 4 is 5.97 Å². The molecule has 3 nitrogen and oxygen atoms in total. The van der Waals surface area contributed by atoms with Crippen LogP contribution in [0.25, 0.3) is 0 Å². The van der Waals surface area contributed by atoms with Crippen molar-refractivity contribution in [3.05, 3.63) is 28.8 Å². The molecule has 2 unspecified atom stereocenters. The number of aryl methyl sites for hydroxylation is 2. The highest BCUT2D eigenvalue weighted by molar-refractivity contribution is 5.72. The lowest BCUT2D eigenvalue weighted by Gasteiger charge is -2.30. The monoisotopic (exact) mass is 262 g/mol. The van der Waals surface area contributed by atoms with Gasteiger partial charge in [0.2, 0.25) is 0 Å². The van der Waals surface area contributed by atoms with Crippen LogP contribution < -0.4 is 4.74 Å². The van der Waals surface area contributed by atoms with E-state index in [1.54, 1.807) is 7.11 Å². The van der Waals surface area contributed by atoms with Crippen molar-refractivity contribution in [3.63, 3.8) is 0 Å². The maximum absolute atomic E-state index is 11.4. The highest BCUT2D eigenvalue weighted by atomic mass is 16.5. The first-order chi connectivity index (χ1) is 9.04.